The molecule has 0 aliphatic carbocycles. The van der Waals surface area contributed by atoms with Gasteiger partial charge in [-0.15, -0.1) is 12.3 Å². The fourth-order valence-electron chi connectivity index (χ4n) is 2.86. The lowest BCUT2D eigenvalue weighted by molar-refractivity contribution is -0.335. The highest BCUT2D eigenvalue weighted by Crippen LogP contribution is 2.41. The van der Waals surface area contributed by atoms with E-state index < -0.39 is 14.1 Å². The summed E-state index contributed by atoms with van der Waals surface area (Å²) in [6.07, 6.45) is 6.78. The van der Waals surface area contributed by atoms with Gasteiger partial charge in [-0.2, -0.15) is 0 Å². The van der Waals surface area contributed by atoms with Crippen LogP contribution < -0.4 is 0 Å². The second-order valence-corrected chi connectivity index (χ2v) is 13.4. The van der Waals surface area contributed by atoms with Crippen molar-refractivity contribution < 1.29 is 18.6 Å². The third-order valence-electron chi connectivity index (χ3n) is 5.25. The molecule has 2 aliphatic heterocycles. The molecule has 0 radical (unpaired) electrons. The maximum atomic E-state index is 6.62. The molecule has 132 valence electrons. The first-order valence-corrected chi connectivity index (χ1v) is 11.4. The van der Waals surface area contributed by atoms with Gasteiger partial charge in [-0.3, -0.25) is 0 Å². The SMILES string of the molecule is C#CC[C@@H]1O[C@@H]2COC(C)(C)O[C@H]2C[C@H]1O[Si](C)(C)C(C)(C)C. The number of terminal acetylenes is 1. The Hall–Kier alpha value is -0.383. The van der Waals surface area contributed by atoms with E-state index in [1.807, 2.05) is 13.8 Å². The average molecular weight is 341 g/mol. The van der Waals surface area contributed by atoms with Crippen LogP contribution >= 0.6 is 0 Å². The zero-order valence-corrected chi connectivity index (χ0v) is 16.6. The third kappa shape index (κ3) is 4.37. The van der Waals surface area contributed by atoms with Gasteiger partial charge >= 0.3 is 0 Å². The molecule has 4 atom stereocenters. The molecule has 2 fully saturated rings. The van der Waals surface area contributed by atoms with Gasteiger partial charge < -0.3 is 18.6 Å². The molecule has 0 saturated carbocycles. The van der Waals surface area contributed by atoms with Crippen molar-refractivity contribution in [1.82, 2.24) is 0 Å². The molecule has 0 aromatic heterocycles. The Kier molecular flexibility index (Phi) is 5.35. The average Bonchev–Trinajstić information content (AvgIpc) is 2.37. The standard InChI is InChI=1S/C18H32O4Si/c1-9-10-13-15(22-23(7,8)17(2,3)4)11-14-16(20-13)12-19-18(5,6)21-14/h1,13-16H,10-12H2,2-8H3/t13-,14-,15+,16+/m0/s1. The highest BCUT2D eigenvalue weighted by molar-refractivity contribution is 6.74. The molecule has 0 bridgehead atoms. The van der Waals surface area contributed by atoms with E-state index in [4.69, 9.17) is 25.1 Å². The van der Waals surface area contributed by atoms with Gasteiger partial charge in [0.15, 0.2) is 14.1 Å². The van der Waals surface area contributed by atoms with Crippen LogP contribution in [0.4, 0.5) is 0 Å². The lowest BCUT2D eigenvalue weighted by Gasteiger charge is -2.50. The van der Waals surface area contributed by atoms with Crippen molar-refractivity contribution in [3.05, 3.63) is 0 Å². The lowest BCUT2D eigenvalue weighted by atomic mass is 9.95. The molecule has 5 heteroatoms. The first kappa shape index (κ1) is 18.9. The summed E-state index contributed by atoms with van der Waals surface area (Å²) in [6, 6.07) is 0. The third-order valence-corrected chi connectivity index (χ3v) is 9.75. The number of rotatable bonds is 3. The highest BCUT2D eigenvalue weighted by atomic mass is 28.4. The van der Waals surface area contributed by atoms with E-state index >= 15 is 0 Å². The highest BCUT2D eigenvalue weighted by Gasteiger charge is 2.48. The van der Waals surface area contributed by atoms with Crippen LogP contribution in [0.25, 0.3) is 0 Å². The topological polar surface area (TPSA) is 36.9 Å². The van der Waals surface area contributed by atoms with Gasteiger partial charge in [-0.05, 0) is 32.0 Å². The molecule has 0 amide bonds. The van der Waals surface area contributed by atoms with Gasteiger partial charge in [0.1, 0.15) is 6.10 Å². The van der Waals surface area contributed by atoms with E-state index in [-0.39, 0.29) is 29.5 Å². The Morgan fingerprint density at radius 2 is 1.91 bits per heavy atom. The number of fused-ring (bicyclic) bond motifs is 1. The summed E-state index contributed by atoms with van der Waals surface area (Å²) >= 11 is 0. The zero-order chi connectivity index (χ0) is 17.5. The van der Waals surface area contributed by atoms with E-state index in [1.165, 1.54) is 0 Å². The maximum Gasteiger partial charge on any atom is 0.192 e. The molecule has 2 aliphatic rings. The van der Waals surface area contributed by atoms with Crippen LogP contribution in [0, 0.1) is 12.3 Å². The quantitative estimate of drug-likeness (QED) is 0.580. The molecular weight excluding hydrogens is 308 g/mol. The van der Waals surface area contributed by atoms with Gasteiger partial charge in [0.25, 0.3) is 0 Å². The van der Waals surface area contributed by atoms with Crippen LogP contribution in [-0.4, -0.2) is 45.1 Å². The van der Waals surface area contributed by atoms with Crippen molar-refractivity contribution in [3.8, 4) is 12.3 Å². The summed E-state index contributed by atoms with van der Waals surface area (Å²) in [5, 5.41) is 0.153. The minimum Gasteiger partial charge on any atom is -0.411 e. The predicted molar refractivity (Wildman–Crippen MR) is 93.7 cm³/mol. The molecular formula is C18H32O4Si. The molecule has 0 spiro atoms. The van der Waals surface area contributed by atoms with E-state index in [0.717, 1.165) is 6.42 Å². The normalized spacial score (nSPS) is 34.5. The Morgan fingerprint density at radius 1 is 1.26 bits per heavy atom. The van der Waals surface area contributed by atoms with Crippen LogP contribution in [0.3, 0.4) is 0 Å². The summed E-state index contributed by atoms with van der Waals surface area (Å²) in [4.78, 5) is 0. The molecule has 2 saturated heterocycles. The predicted octanol–water partition coefficient (Wildman–Crippen LogP) is 3.71. The summed E-state index contributed by atoms with van der Waals surface area (Å²) in [6.45, 7) is 15.7. The summed E-state index contributed by atoms with van der Waals surface area (Å²) in [7, 11) is -1.89. The smallest absolute Gasteiger partial charge is 0.192 e. The summed E-state index contributed by atoms with van der Waals surface area (Å²) in [5.41, 5.74) is 0. The molecule has 23 heavy (non-hydrogen) atoms. The molecule has 2 rings (SSSR count). The Balaban J connectivity index is 2.14. The van der Waals surface area contributed by atoms with Crippen LogP contribution in [0.1, 0.15) is 47.5 Å². The van der Waals surface area contributed by atoms with Crippen molar-refractivity contribution in [2.75, 3.05) is 6.61 Å². The van der Waals surface area contributed by atoms with Crippen molar-refractivity contribution >= 4 is 8.32 Å². The van der Waals surface area contributed by atoms with Crippen molar-refractivity contribution in [2.45, 2.75) is 95.8 Å². The minimum absolute atomic E-state index is 0.00235. The zero-order valence-electron chi connectivity index (χ0n) is 15.6. The first-order valence-electron chi connectivity index (χ1n) is 8.54. The Labute approximate surface area is 142 Å². The van der Waals surface area contributed by atoms with Gasteiger partial charge in [0, 0.05) is 12.8 Å². The van der Waals surface area contributed by atoms with Gasteiger partial charge in [0.05, 0.1) is 24.9 Å². The molecule has 0 aromatic carbocycles. The van der Waals surface area contributed by atoms with Crippen molar-refractivity contribution in [1.29, 1.82) is 0 Å². The Bertz CT molecular complexity index is 461. The van der Waals surface area contributed by atoms with E-state index in [2.05, 4.69) is 39.8 Å². The van der Waals surface area contributed by atoms with Gasteiger partial charge in [-0.1, -0.05) is 20.8 Å². The van der Waals surface area contributed by atoms with E-state index in [1.54, 1.807) is 0 Å². The molecule has 4 nitrogen and oxygen atoms in total. The number of hydrogen-bond donors (Lipinski definition) is 0. The summed E-state index contributed by atoms with van der Waals surface area (Å²) in [5.74, 6) is 2.17. The monoisotopic (exact) mass is 340 g/mol. The lowest BCUT2D eigenvalue weighted by Crippen LogP contribution is -2.59. The van der Waals surface area contributed by atoms with Crippen LogP contribution in [-0.2, 0) is 18.6 Å². The number of hydrogen-bond acceptors (Lipinski definition) is 4. The molecule has 0 unspecified atom stereocenters. The van der Waals surface area contributed by atoms with Crippen LogP contribution in [0.15, 0.2) is 0 Å². The molecule has 0 aromatic rings. The summed E-state index contributed by atoms with van der Waals surface area (Å²) < 4.78 is 24.6. The maximum absolute atomic E-state index is 6.62. The second kappa shape index (κ2) is 6.49. The fraction of sp³-hybridized carbons (Fsp3) is 0.889. The van der Waals surface area contributed by atoms with Gasteiger partial charge in [0.2, 0.25) is 0 Å². The van der Waals surface area contributed by atoms with Gasteiger partial charge in [-0.25, -0.2) is 0 Å². The van der Waals surface area contributed by atoms with Crippen LogP contribution in [0.5, 0.6) is 0 Å². The number of ether oxygens (including phenoxy) is 3. The van der Waals surface area contributed by atoms with E-state index in [0.29, 0.717) is 13.0 Å². The Morgan fingerprint density at radius 3 is 2.48 bits per heavy atom. The molecule has 0 N–H and O–H groups in total. The second-order valence-electron chi connectivity index (χ2n) is 8.64. The molecule has 2 heterocycles. The van der Waals surface area contributed by atoms with Crippen molar-refractivity contribution in [3.63, 3.8) is 0 Å². The van der Waals surface area contributed by atoms with E-state index in [9.17, 15) is 0 Å². The van der Waals surface area contributed by atoms with Crippen LogP contribution in [0.2, 0.25) is 18.1 Å². The minimum atomic E-state index is -1.89. The van der Waals surface area contributed by atoms with Crippen molar-refractivity contribution in [2.24, 2.45) is 0 Å². The fourth-order valence-corrected chi connectivity index (χ4v) is 4.22. The first-order chi connectivity index (χ1) is 10.5. The largest absolute Gasteiger partial charge is 0.411 e.